The first-order chi connectivity index (χ1) is 15.7. The van der Waals surface area contributed by atoms with Crippen LogP contribution in [0.1, 0.15) is 29.9 Å². The lowest BCUT2D eigenvalue weighted by Crippen LogP contribution is -2.45. The van der Waals surface area contributed by atoms with Crippen LogP contribution in [0.4, 0.5) is 5.69 Å². The number of furan rings is 1. The van der Waals surface area contributed by atoms with E-state index in [-0.39, 0.29) is 5.91 Å². The van der Waals surface area contributed by atoms with Gasteiger partial charge in [0.2, 0.25) is 17.6 Å². The van der Waals surface area contributed by atoms with E-state index in [1.54, 1.807) is 18.4 Å². The number of rotatable bonds is 6. The smallest absolute Gasteiger partial charge is 0.238 e. The van der Waals surface area contributed by atoms with Gasteiger partial charge in [0.1, 0.15) is 0 Å². The number of para-hydroxylation sites is 1. The summed E-state index contributed by atoms with van der Waals surface area (Å²) in [6, 6.07) is 21.2. The van der Waals surface area contributed by atoms with Gasteiger partial charge in [0.25, 0.3) is 0 Å². The fourth-order valence-electron chi connectivity index (χ4n) is 4.16. The molecular formula is C25H23N3O4. The largest absolute Gasteiger partial charge is 0.461 e. The number of nitrogens with one attached hydrogen (secondary N) is 1. The minimum Gasteiger partial charge on any atom is -0.461 e. The van der Waals surface area contributed by atoms with Gasteiger partial charge in [0.05, 0.1) is 18.1 Å². The summed E-state index contributed by atoms with van der Waals surface area (Å²) in [6.45, 7) is 1.11. The molecule has 0 spiro atoms. The maximum atomic E-state index is 13.6. The summed E-state index contributed by atoms with van der Waals surface area (Å²) >= 11 is 0. The molecule has 1 N–H and O–H groups in total. The average molecular weight is 429 g/mol. The third kappa shape index (κ3) is 3.94. The number of carbonyl (C=O) groups excluding carboxylic acids is 1. The fourth-order valence-corrected chi connectivity index (χ4v) is 4.16. The number of amides is 1. The van der Waals surface area contributed by atoms with Crippen molar-refractivity contribution in [2.75, 3.05) is 18.5 Å². The Morgan fingerprint density at radius 1 is 0.969 bits per heavy atom. The van der Waals surface area contributed by atoms with E-state index in [0.29, 0.717) is 50.0 Å². The Bertz CT molecular complexity index is 1180. The zero-order valence-corrected chi connectivity index (χ0v) is 17.5. The Morgan fingerprint density at radius 3 is 2.53 bits per heavy atom. The number of benzene rings is 2. The molecule has 7 nitrogen and oxygen atoms in total. The predicted molar refractivity (Wildman–Crippen MR) is 118 cm³/mol. The molecular weight excluding hydrogens is 406 g/mol. The predicted octanol–water partition coefficient (Wildman–Crippen LogP) is 4.61. The van der Waals surface area contributed by atoms with E-state index in [4.69, 9.17) is 13.7 Å². The zero-order valence-electron chi connectivity index (χ0n) is 17.5. The number of aromatic nitrogens is 2. The average Bonchev–Trinajstić information content (AvgIpc) is 3.54. The van der Waals surface area contributed by atoms with Crippen molar-refractivity contribution >= 4 is 11.6 Å². The molecule has 1 aliphatic heterocycles. The zero-order chi connectivity index (χ0) is 21.8. The molecule has 1 amide bonds. The molecule has 0 aliphatic carbocycles. The second kappa shape index (κ2) is 8.80. The monoisotopic (exact) mass is 429 g/mol. The van der Waals surface area contributed by atoms with E-state index in [1.807, 2.05) is 54.6 Å². The van der Waals surface area contributed by atoms with Crippen LogP contribution in [0.3, 0.4) is 0 Å². The third-order valence-electron chi connectivity index (χ3n) is 5.92. The first-order valence-corrected chi connectivity index (χ1v) is 10.6. The SMILES string of the molecule is O=C(Nc1ccccc1Cc1nc(-c2ccco2)no1)C1(c2ccccc2)CCOCC1. The Hall–Kier alpha value is -3.71. The van der Waals surface area contributed by atoms with E-state index in [1.165, 1.54) is 0 Å². The van der Waals surface area contributed by atoms with Gasteiger partial charge in [0.15, 0.2) is 5.76 Å². The van der Waals surface area contributed by atoms with Crippen molar-refractivity contribution in [1.29, 1.82) is 0 Å². The van der Waals surface area contributed by atoms with Crippen LogP contribution in [0.15, 0.2) is 81.9 Å². The van der Waals surface area contributed by atoms with Gasteiger partial charge in [-0.05, 0) is 42.2 Å². The summed E-state index contributed by atoms with van der Waals surface area (Å²) in [5, 5.41) is 7.16. The Kier molecular flexibility index (Phi) is 5.56. The van der Waals surface area contributed by atoms with Crippen LogP contribution in [-0.2, 0) is 21.4 Å². The molecule has 5 rings (SSSR count). The van der Waals surface area contributed by atoms with Gasteiger partial charge in [0, 0.05) is 18.9 Å². The summed E-state index contributed by atoms with van der Waals surface area (Å²) in [5.74, 6) is 1.37. The van der Waals surface area contributed by atoms with Crippen molar-refractivity contribution in [3.8, 4) is 11.6 Å². The van der Waals surface area contributed by atoms with E-state index in [0.717, 1.165) is 16.8 Å². The lowest BCUT2D eigenvalue weighted by Gasteiger charge is -2.36. The number of hydrogen-bond acceptors (Lipinski definition) is 6. The van der Waals surface area contributed by atoms with Crippen molar-refractivity contribution in [2.45, 2.75) is 24.7 Å². The van der Waals surface area contributed by atoms with E-state index >= 15 is 0 Å². The second-order valence-corrected chi connectivity index (χ2v) is 7.84. The summed E-state index contributed by atoms with van der Waals surface area (Å²) in [6.07, 6.45) is 3.24. The quantitative estimate of drug-likeness (QED) is 0.481. The van der Waals surface area contributed by atoms with Gasteiger partial charge in [-0.3, -0.25) is 4.79 Å². The maximum absolute atomic E-state index is 13.6. The van der Waals surface area contributed by atoms with Gasteiger partial charge in [-0.15, -0.1) is 0 Å². The lowest BCUT2D eigenvalue weighted by molar-refractivity contribution is -0.125. The Balaban J connectivity index is 1.39. The number of anilines is 1. The van der Waals surface area contributed by atoms with Crippen molar-refractivity contribution in [3.05, 3.63) is 90.0 Å². The molecule has 4 aromatic rings. The molecule has 32 heavy (non-hydrogen) atoms. The Morgan fingerprint density at radius 2 is 1.75 bits per heavy atom. The van der Waals surface area contributed by atoms with Gasteiger partial charge in [-0.2, -0.15) is 4.98 Å². The number of ether oxygens (including phenoxy) is 1. The number of nitrogens with zero attached hydrogens (tertiary/aromatic N) is 2. The molecule has 1 fully saturated rings. The van der Waals surface area contributed by atoms with Gasteiger partial charge >= 0.3 is 0 Å². The molecule has 2 aromatic heterocycles. The van der Waals surface area contributed by atoms with Crippen molar-refractivity contribution in [2.24, 2.45) is 0 Å². The number of hydrogen-bond donors (Lipinski definition) is 1. The molecule has 0 bridgehead atoms. The van der Waals surface area contributed by atoms with Crippen molar-refractivity contribution in [3.63, 3.8) is 0 Å². The van der Waals surface area contributed by atoms with Gasteiger partial charge in [-0.1, -0.05) is 53.7 Å². The van der Waals surface area contributed by atoms with Crippen molar-refractivity contribution in [1.82, 2.24) is 10.1 Å². The summed E-state index contributed by atoms with van der Waals surface area (Å²) in [5.41, 5.74) is 2.02. The van der Waals surface area contributed by atoms with E-state index < -0.39 is 5.41 Å². The van der Waals surface area contributed by atoms with Crippen LogP contribution in [0.25, 0.3) is 11.6 Å². The molecule has 0 radical (unpaired) electrons. The summed E-state index contributed by atoms with van der Waals surface area (Å²) in [7, 11) is 0. The Labute approximate surface area is 185 Å². The van der Waals surface area contributed by atoms with Gasteiger partial charge < -0.3 is 19.0 Å². The molecule has 1 aliphatic rings. The molecule has 3 heterocycles. The molecule has 0 atom stereocenters. The number of carbonyl (C=O) groups is 1. The van der Waals surface area contributed by atoms with Crippen LogP contribution in [0, 0.1) is 0 Å². The molecule has 2 aromatic carbocycles. The summed E-state index contributed by atoms with van der Waals surface area (Å²) < 4.78 is 16.3. The minimum atomic E-state index is -0.621. The van der Waals surface area contributed by atoms with Crippen LogP contribution >= 0.6 is 0 Å². The molecule has 0 unspecified atom stereocenters. The molecule has 0 saturated carbocycles. The molecule has 7 heteroatoms. The van der Waals surface area contributed by atoms with Crippen LogP contribution in [0.5, 0.6) is 0 Å². The second-order valence-electron chi connectivity index (χ2n) is 7.84. The first-order valence-electron chi connectivity index (χ1n) is 10.6. The highest BCUT2D eigenvalue weighted by molar-refractivity contribution is 5.99. The van der Waals surface area contributed by atoms with E-state index in [2.05, 4.69) is 15.5 Å². The topological polar surface area (TPSA) is 90.4 Å². The third-order valence-corrected chi connectivity index (χ3v) is 5.92. The van der Waals surface area contributed by atoms with Crippen LogP contribution in [0.2, 0.25) is 0 Å². The van der Waals surface area contributed by atoms with Crippen molar-refractivity contribution < 1.29 is 18.5 Å². The normalized spacial score (nSPS) is 15.4. The minimum absolute atomic E-state index is 0.0266. The van der Waals surface area contributed by atoms with Gasteiger partial charge in [-0.25, -0.2) is 0 Å². The standard InChI is InChI=1S/C25H23N3O4/c29-24(25(12-15-30-16-13-25)19-8-2-1-3-9-19)26-20-10-5-4-7-18(20)17-22-27-23(28-32-22)21-11-6-14-31-21/h1-11,14H,12-13,15-17H2,(H,26,29). The summed E-state index contributed by atoms with van der Waals surface area (Å²) in [4.78, 5) is 18.0. The van der Waals surface area contributed by atoms with Crippen LogP contribution in [-0.4, -0.2) is 29.3 Å². The molecule has 1 saturated heterocycles. The molecule has 162 valence electrons. The highest BCUT2D eigenvalue weighted by Crippen LogP contribution is 2.36. The lowest BCUT2D eigenvalue weighted by atomic mass is 9.73. The highest BCUT2D eigenvalue weighted by atomic mass is 16.5. The highest BCUT2D eigenvalue weighted by Gasteiger charge is 2.41. The van der Waals surface area contributed by atoms with E-state index in [9.17, 15) is 4.79 Å². The first kappa shape index (κ1) is 20.2. The fraction of sp³-hybridized carbons (Fsp3) is 0.240. The van der Waals surface area contributed by atoms with Crippen LogP contribution < -0.4 is 5.32 Å². The maximum Gasteiger partial charge on any atom is 0.238 e.